The Labute approximate surface area is 188 Å². The van der Waals surface area contributed by atoms with Crippen molar-refractivity contribution < 1.29 is 14.0 Å². The lowest BCUT2D eigenvalue weighted by atomic mass is 10.2. The van der Waals surface area contributed by atoms with Crippen LogP contribution in [-0.2, 0) is 11.3 Å². The summed E-state index contributed by atoms with van der Waals surface area (Å²) in [4.78, 5) is 24.2. The number of rotatable bonds is 7. The number of urea groups is 1. The van der Waals surface area contributed by atoms with E-state index in [1.165, 1.54) is 18.0 Å². The zero-order chi connectivity index (χ0) is 21.6. The molecule has 0 bridgehead atoms. The third kappa shape index (κ3) is 5.29. The monoisotopic (exact) mass is 459 g/mol. The molecule has 0 saturated heterocycles. The van der Waals surface area contributed by atoms with Crippen LogP contribution >= 0.6 is 23.4 Å². The van der Waals surface area contributed by atoms with Gasteiger partial charge in [0, 0.05) is 11.6 Å². The summed E-state index contributed by atoms with van der Waals surface area (Å²) in [5, 5.41) is 14.9. The summed E-state index contributed by atoms with van der Waals surface area (Å²) >= 11 is 7.65. The first-order valence-electron chi connectivity index (χ1n) is 10.0. The van der Waals surface area contributed by atoms with Gasteiger partial charge in [-0.05, 0) is 37.1 Å². The molecule has 162 valence electrons. The molecule has 3 amide bonds. The zero-order valence-corrected chi connectivity index (χ0v) is 18.3. The van der Waals surface area contributed by atoms with Crippen LogP contribution in [0.3, 0.4) is 0 Å². The highest BCUT2D eigenvalue weighted by Gasteiger charge is 2.26. The van der Waals surface area contributed by atoms with Crippen LogP contribution in [0.25, 0.3) is 11.4 Å². The summed E-state index contributed by atoms with van der Waals surface area (Å²) in [6, 6.07) is 10.7. The number of nitrogens with zero attached hydrogens (tertiary/aromatic N) is 3. The van der Waals surface area contributed by atoms with Crippen molar-refractivity contribution in [2.75, 3.05) is 5.75 Å². The Morgan fingerprint density at radius 2 is 1.97 bits per heavy atom. The van der Waals surface area contributed by atoms with Crippen molar-refractivity contribution in [3.63, 3.8) is 0 Å². The highest BCUT2D eigenvalue weighted by Crippen LogP contribution is 2.38. The third-order valence-corrected chi connectivity index (χ3v) is 6.33. The van der Waals surface area contributed by atoms with Gasteiger partial charge in [0.25, 0.3) is 0 Å². The summed E-state index contributed by atoms with van der Waals surface area (Å²) in [7, 11) is 0. The summed E-state index contributed by atoms with van der Waals surface area (Å²) in [5.41, 5.74) is 0.817. The molecular formula is C21H22ClN5O3S. The number of hydrogen-bond donors (Lipinski definition) is 2. The minimum absolute atomic E-state index is 0.0432. The lowest BCUT2D eigenvalue weighted by Crippen LogP contribution is -2.39. The van der Waals surface area contributed by atoms with Crippen molar-refractivity contribution in [1.29, 1.82) is 0 Å². The second-order valence-corrected chi connectivity index (χ2v) is 8.54. The van der Waals surface area contributed by atoms with Gasteiger partial charge in [0.2, 0.25) is 5.91 Å². The highest BCUT2D eigenvalue weighted by molar-refractivity contribution is 7.99. The summed E-state index contributed by atoms with van der Waals surface area (Å²) < 4.78 is 7.23. The largest absolute Gasteiger partial charge is 0.467 e. The predicted octanol–water partition coefficient (Wildman–Crippen LogP) is 4.42. The molecule has 0 aliphatic heterocycles. The number of amides is 3. The van der Waals surface area contributed by atoms with E-state index in [9.17, 15) is 9.59 Å². The second-order valence-electron chi connectivity index (χ2n) is 7.19. The average Bonchev–Trinajstić information content (AvgIpc) is 3.52. The van der Waals surface area contributed by atoms with Crippen LogP contribution in [0.2, 0.25) is 5.02 Å². The number of aromatic nitrogens is 3. The molecule has 1 aromatic carbocycles. The first kappa shape index (κ1) is 21.5. The van der Waals surface area contributed by atoms with Gasteiger partial charge in [0.1, 0.15) is 5.76 Å². The van der Waals surface area contributed by atoms with Gasteiger partial charge in [0.05, 0.1) is 23.6 Å². The van der Waals surface area contributed by atoms with Crippen molar-refractivity contribution in [1.82, 2.24) is 25.4 Å². The SMILES string of the molecule is O=C(CSc1nnc(-c2ccccc2Cl)n1C1CCCC1)NC(=O)NCc1ccco1. The van der Waals surface area contributed by atoms with Gasteiger partial charge in [-0.2, -0.15) is 0 Å². The highest BCUT2D eigenvalue weighted by atomic mass is 35.5. The normalized spacial score (nSPS) is 14.0. The number of halogens is 1. The van der Waals surface area contributed by atoms with E-state index in [1.807, 2.05) is 24.3 Å². The minimum atomic E-state index is -0.573. The minimum Gasteiger partial charge on any atom is -0.467 e. The van der Waals surface area contributed by atoms with E-state index in [2.05, 4.69) is 25.4 Å². The van der Waals surface area contributed by atoms with Crippen LogP contribution in [0.5, 0.6) is 0 Å². The fourth-order valence-electron chi connectivity index (χ4n) is 3.61. The van der Waals surface area contributed by atoms with Crippen molar-refractivity contribution in [2.45, 2.75) is 43.4 Å². The van der Waals surface area contributed by atoms with Crippen LogP contribution in [0, 0.1) is 0 Å². The number of carbonyl (C=O) groups excluding carboxylic acids is 2. The molecule has 31 heavy (non-hydrogen) atoms. The Hall–Kier alpha value is -2.78. The molecule has 0 radical (unpaired) electrons. The molecule has 8 nitrogen and oxygen atoms in total. The molecule has 1 fully saturated rings. The van der Waals surface area contributed by atoms with Crippen molar-refractivity contribution >= 4 is 35.3 Å². The maximum Gasteiger partial charge on any atom is 0.321 e. The molecule has 4 rings (SSSR count). The van der Waals surface area contributed by atoms with Gasteiger partial charge < -0.3 is 9.73 Å². The molecule has 2 heterocycles. The van der Waals surface area contributed by atoms with E-state index < -0.39 is 11.9 Å². The zero-order valence-electron chi connectivity index (χ0n) is 16.7. The van der Waals surface area contributed by atoms with E-state index in [4.69, 9.17) is 16.0 Å². The average molecular weight is 460 g/mol. The van der Waals surface area contributed by atoms with Crippen molar-refractivity contribution in [2.24, 2.45) is 0 Å². The fourth-order valence-corrected chi connectivity index (χ4v) is 4.64. The fraction of sp³-hybridized carbons (Fsp3) is 0.333. The van der Waals surface area contributed by atoms with Crippen LogP contribution in [0.1, 0.15) is 37.5 Å². The van der Waals surface area contributed by atoms with Gasteiger partial charge in [-0.25, -0.2) is 4.79 Å². The Morgan fingerprint density at radius 1 is 1.16 bits per heavy atom. The maximum absolute atomic E-state index is 12.3. The molecule has 2 aromatic heterocycles. The second kappa shape index (κ2) is 10.0. The number of hydrogen-bond acceptors (Lipinski definition) is 6. The predicted molar refractivity (Wildman–Crippen MR) is 118 cm³/mol. The number of imide groups is 1. The summed E-state index contributed by atoms with van der Waals surface area (Å²) in [6.07, 6.45) is 5.87. The van der Waals surface area contributed by atoms with Crippen LogP contribution in [0.4, 0.5) is 4.79 Å². The topological polar surface area (TPSA) is 102 Å². The first-order chi connectivity index (χ1) is 15.1. The van der Waals surface area contributed by atoms with Gasteiger partial charge >= 0.3 is 6.03 Å². The molecule has 3 aromatic rings. The molecule has 2 N–H and O–H groups in total. The molecule has 0 atom stereocenters. The van der Waals surface area contributed by atoms with Crippen LogP contribution < -0.4 is 10.6 Å². The number of benzene rings is 1. The lowest BCUT2D eigenvalue weighted by molar-refractivity contribution is -0.117. The molecule has 10 heteroatoms. The van der Waals surface area contributed by atoms with Gasteiger partial charge in [-0.1, -0.05) is 48.3 Å². The van der Waals surface area contributed by atoms with Gasteiger partial charge in [-0.3, -0.25) is 14.7 Å². The molecule has 0 unspecified atom stereocenters. The van der Waals surface area contributed by atoms with E-state index in [0.29, 0.717) is 21.8 Å². The molecule has 1 aliphatic rings. The molecule has 0 spiro atoms. The molecule has 1 saturated carbocycles. The molecule has 1 aliphatic carbocycles. The van der Waals surface area contributed by atoms with Gasteiger partial charge in [-0.15, -0.1) is 10.2 Å². The Bertz CT molecular complexity index is 1050. The summed E-state index contributed by atoms with van der Waals surface area (Å²) in [6.45, 7) is 0.205. The van der Waals surface area contributed by atoms with E-state index in [0.717, 1.165) is 31.2 Å². The van der Waals surface area contributed by atoms with Crippen LogP contribution in [-0.4, -0.2) is 32.5 Å². The lowest BCUT2D eigenvalue weighted by Gasteiger charge is -2.17. The maximum atomic E-state index is 12.3. The van der Waals surface area contributed by atoms with Gasteiger partial charge in [0.15, 0.2) is 11.0 Å². The Balaban J connectivity index is 1.41. The summed E-state index contributed by atoms with van der Waals surface area (Å²) in [5.74, 6) is 0.939. The Kier molecular flexibility index (Phi) is 6.93. The van der Waals surface area contributed by atoms with E-state index in [-0.39, 0.29) is 18.3 Å². The van der Waals surface area contributed by atoms with Crippen LogP contribution in [0.15, 0.2) is 52.2 Å². The van der Waals surface area contributed by atoms with E-state index >= 15 is 0 Å². The number of furan rings is 1. The molecular weight excluding hydrogens is 438 g/mol. The van der Waals surface area contributed by atoms with Crippen molar-refractivity contribution in [3.05, 3.63) is 53.4 Å². The standard InChI is InChI=1S/C21H22ClN5O3S/c22-17-10-4-3-9-16(17)19-25-26-21(27(19)14-6-1-2-7-14)31-13-18(28)24-20(29)23-12-15-8-5-11-30-15/h3-5,8-11,14H,1-2,6-7,12-13H2,(H2,23,24,28,29). The quantitative estimate of drug-likeness (QED) is 0.507. The number of thioether (sulfide) groups is 1. The first-order valence-corrected chi connectivity index (χ1v) is 11.4. The third-order valence-electron chi connectivity index (χ3n) is 5.06. The number of nitrogens with one attached hydrogen (secondary N) is 2. The Morgan fingerprint density at radius 3 is 2.71 bits per heavy atom. The van der Waals surface area contributed by atoms with E-state index in [1.54, 1.807) is 12.1 Å². The van der Waals surface area contributed by atoms with Crippen molar-refractivity contribution in [3.8, 4) is 11.4 Å². The number of carbonyl (C=O) groups is 2. The smallest absolute Gasteiger partial charge is 0.321 e.